The second-order valence-corrected chi connectivity index (χ2v) is 11.9. The van der Waals surface area contributed by atoms with Gasteiger partial charge in [0, 0.05) is 18.2 Å². The normalized spacial score (nSPS) is 21.3. The zero-order valence-electron chi connectivity index (χ0n) is 17.7. The molecule has 1 aromatic carbocycles. The van der Waals surface area contributed by atoms with Gasteiger partial charge in [-0.25, -0.2) is 0 Å². The van der Waals surface area contributed by atoms with Gasteiger partial charge in [0.1, 0.15) is 9.46 Å². The van der Waals surface area contributed by atoms with Crippen molar-refractivity contribution in [3.05, 3.63) is 47.3 Å². The van der Waals surface area contributed by atoms with Crippen LogP contribution in [0.2, 0.25) is 0 Å². The molecule has 170 valence electrons. The number of hydrogen-bond donors (Lipinski definition) is 1. The van der Waals surface area contributed by atoms with E-state index in [1.54, 1.807) is 16.3 Å². The molecule has 1 N–H and O–H groups in total. The predicted octanol–water partition coefficient (Wildman–Crippen LogP) is 4.41. The van der Waals surface area contributed by atoms with Crippen molar-refractivity contribution in [1.82, 2.24) is 4.90 Å². The molecule has 32 heavy (non-hydrogen) atoms. The Bertz CT molecular complexity index is 1120. The van der Waals surface area contributed by atoms with E-state index in [1.165, 1.54) is 6.07 Å². The van der Waals surface area contributed by atoms with Crippen LogP contribution in [0.15, 0.2) is 50.4 Å². The van der Waals surface area contributed by atoms with Crippen molar-refractivity contribution in [2.45, 2.75) is 60.9 Å². The van der Waals surface area contributed by atoms with E-state index in [0.717, 1.165) is 60.8 Å². The molecule has 1 aliphatic heterocycles. The van der Waals surface area contributed by atoms with Gasteiger partial charge < -0.3 is 5.32 Å². The number of carbonyl (C=O) groups is 2. The fraction of sp³-hybridized carbons (Fsp3) is 0.409. The summed E-state index contributed by atoms with van der Waals surface area (Å²) in [5, 5.41) is 4.02. The standard InChI is InChI=1S/C22H25N3O4S3/c1-15-8-5-6-11-17(15)23-19(26)14-18-21(27)25(16-9-3-2-4-10-16)22(31-18)24-32(28,29)20-12-7-13-30-20/h5-8,11-13,16,18H,2-4,9-10,14H2,1H3,(H,23,26)/t18-/m0/s1. The molecule has 1 saturated carbocycles. The zero-order valence-corrected chi connectivity index (χ0v) is 20.1. The number of amidine groups is 1. The van der Waals surface area contributed by atoms with Crippen molar-refractivity contribution in [2.24, 2.45) is 4.40 Å². The second-order valence-electron chi connectivity index (χ2n) is 7.95. The number of benzene rings is 1. The van der Waals surface area contributed by atoms with E-state index in [0.29, 0.717) is 5.69 Å². The topological polar surface area (TPSA) is 95.9 Å². The van der Waals surface area contributed by atoms with Crippen LogP contribution < -0.4 is 5.32 Å². The van der Waals surface area contributed by atoms with Crippen molar-refractivity contribution in [3.63, 3.8) is 0 Å². The Labute approximate surface area is 196 Å². The molecule has 1 saturated heterocycles. The summed E-state index contributed by atoms with van der Waals surface area (Å²) in [6.07, 6.45) is 4.66. The third-order valence-corrected chi connectivity index (χ3v) is 9.55. The summed E-state index contributed by atoms with van der Waals surface area (Å²) in [6, 6.07) is 10.5. The van der Waals surface area contributed by atoms with Crippen molar-refractivity contribution in [2.75, 3.05) is 5.32 Å². The van der Waals surface area contributed by atoms with Crippen LogP contribution in [0.5, 0.6) is 0 Å². The molecule has 0 unspecified atom stereocenters. The maximum absolute atomic E-state index is 13.3. The van der Waals surface area contributed by atoms with Crippen LogP contribution in [0.3, 0.4) is 0 Å². The number of aryl methyl sites for hydroxylation is 1. The molecule has 4 rings (SSSR count). The average molecular weight is 492 g/mol. The summed E-state index contributed by atoms with van der Waals surface area (Å²) in [5.74, 6) is -0.516. The molecule has 1 aliphatic carbocycles. The van der Waals surface area contributed by atoms with Gasteiger partial charge in [0.15, 0.2) is 5.17 Å². The van der Waals surface area contributed by atoms with Crippen LogP contribution in [0.1, 0.15) is 44.1 Å². The van der Waals surface area contributed by atoms with Crippen LogP contribution >= 0.6 is 23.1 Å². The van der Waals surface area contributed by atoms with Gasteiger partial charge >= 0.3 is 0 Å². The van der Waals surface area contributed by atoms with Gasteiger partial charge in [-0.15, -0.1) is 15.7 Å². The monoisotopic (exact) mass is 491 g/mol. The largest absolute Gasteiger partial charge is 0.326 e. The zero-order chi connectivity index (χ0) is 22.7. The predicted molar refractivity (Wildman–Crippen MR) is 128 cm³/mol. The van der Waals surface area contributed by atoms with Crippen LogP contribution in [-0.4, -0.2) is 41.6 Å². The molecule has 0 bridgehead atoms. The number of sulfonamides is 1. The Morgan fingerprint density at radius 1 is 1.16 bits per heavy atom. The number of nitrogens with zero attached hydrogens (tertiary/aromatic N) is 2. The Balaban J connectivity index is 1.57. The first-order valence-electron chi connectivity index (χ1n) is 10.6. The Kier molecular flexibility index (Phi) is 7.02. The van der Waals surface area contributed by atoms with Gasteiger partial charge in [-0.05, 0) is 42.8 Å². The summed E-state index contributed by atoms with van der Waals surface area (Å²) in [6.45, 7) is 1.90. The van der Waals surface area contributed by atoms with Gasteiger partial charge in [-0.1, -0.05) is 55.3 Å². The number of para-hydroxylation sites is 1. The first-order valence-corrected chi connectivity index (χ1v) is 13.8. The van der Waals surface area contributed by atoms with Gasteiger partial charge in [0.25, 0.3) is 10.0 Å². The number of thiophene rings is 1. The summed E-state index contributed by atoms with van der Waals surface area (Å²) >= 11 is 2.17. The molecule has 2 heterocycles. The van der Waals surface area contributed by atoms with Crippen molar-refractivity contribution >= 4 is 55.8 Å². The highest BCUT2D eigenvalue weighted by Crippen LogP contribution is 2.36. The van der Waals surface area contributed by atoms with E-state index in [-0.39, 0.29) is 33.7 Å². The number of rotatable bonds is 6. The van der Waals surface area contributed by atoms with Crippen LogP contribution in [-0.2, 0) is 19.6 Å². The average Bonchev–Trinajstić information content (AvgIpc) is 3.40. The quantitative estimate of drug-likeness (QED) is 0.646. The minimum atomic E-state index is -3.91. The third-order valence-electron chi connectivity index (χ3n) is 5.64. The van der Waals surface area contributed by atoms with E-state index in [1.807, 2.05) is 31.2 Å². The minimum absolute atomic E-state index is 0.0425. The lowest BCUT2D eigenvalue weighted by atomic mass is 9.94. The van der Waals surface area contributed by atoms with E-state index < -0.39 is 15.3 Å². The number of carbonyl (C=O) groups excluding carboxylic acids is 2. The number of thioether (sulfide) groups is 1. The Hall–Kier alpha value is -2.17. The summed E-state index contributed by atoms with van der Waals surface area (Å²) in [7, 11) is -3.91. The highest BCUT2D eigenvalue weighted by Gasteiger charge is 2.43. The Morgan fingerprint density at radius 2 is 1.91 bits per heavy atom. The molecule has 7 nitrogen and oxygen atoms in total. The molecule has 2 amide bonds. The third kappa shape index (κ3) is 5.07. The SMILES string of the molecule is Cc1ccccc1NC(=O)C[C@@H]1SC(=NS(=O)(=O)c2cccs2)N(C2CCCCC2)C1=O. The molecular weight excluding hydrogens is 466 g/mol. The molecule has 1 atom stereocenters. The van der Waals surface area contributed by atoms with E-state index in [9.17, 15) is 18.0 Å². The summed E-state index contributed by atoms with van der Waals surface area (Å²) in [4.78, 5) is 27.5. The summed E-state index contributed by atoms with van der Waals surface area (Å²) in [5.41, 5.74) is 1.63. The fourth-order valence-electron chi connectivity index (χ4n) is 3.99. The lowest BCUT2D eigenvalue weighted by Gasteiger charge is -2.30. The minimum Gasteiger partial charge on any atom is -0.326 e. The maximum Gasteiger partial charge on any atom is 0.294 e. The lowest BCUT2D eigenvalue weighted by Crippen LogP contribution is -2.42. The number of amides is 2. The van der Waals surface area contributed by atoms with Crippen molar-refractivity contribution in [3.8, 4) is 0 Å². The van der Waals surface area contributed by atoms with Crippen molar-refractivity contribution in [1.29, 1.82) is 0 Å². The van der Waals surface area contributed by atoms with E-state index >= 15 is 0 Å². The molecule has 2 aliphatic rings. The second kappa shape index (κ2) is 9.76. The highest BCUT2D eigenvalue weighted by atomic mass is 32.2. The first kappa shape index (κ1) is 23.0. The molecular formula is C22H25N3O4S3. The molecule has 10 heteroatoms. The van der Waals surface area contributed by atoms with Gasteiger partial charge in [0.2, 0.25) is 11.8 Å². The first-order chi connectivity index (χ1) is 15.3. The number of nitrogens with one attached hydrogen (secondary N) is 1. The Morgan fingerprint density at radius 3 is 2.59 bits per heavy atom. The number of hydrogen-bond acceptors (Lipinski definition) is 6. The van der Waals surface area contributed by atoms with Gasteiger partial charge in [-0.2, -0.15) is 8.42 Å². The smallest absolute Gasteiger partial charge is 0.294 e. The lowest BCUT2D eigenvalue weighted by molar-refractivity contribution is -0.130. The van der Waals surface area contributed by atoms with Gasteiger partial charge in [-0.3, -0.25) is 14.5 Å². The molecule has 0 radical (unpaired) electrons. The highest BCUT2D eigenvalue weighted by molar-refractivity contribution is 8.16. The van der Waals surface area contributed by atoms with Crippen LogP contribution in [0.4, 0.5) is 5.69 Å². The molecule has 2 aromatic rings. The van der Waals surface area contributed by atoms with Crippen LogP contribution in [0, 0.1) is 6.92 Å². The van der Waals surface area contributed by atoms with E-state index in [4.69, 9.17) is 0 Å². The number of anilines is 1. The van der Waals surface area contributed by atoms with Gasteiger partial charge in [0.05, 0.1) is 0 Å². The molecule has 2 fully saturated rings. The maximum atomic E-state index is 13.3. The summed E-state index contributed by atoms with van der Waals surface area (Å²) < 4.78 is 29.8. The van der Waals surface area contributed by atoms with E-state index in [2.05, 4.69) is 9.71 Å². The molecule has 1 aromatic heterocycles. The van der Waals surface area contributed by atoms with Crippen LogP contribution in [0.25, 0.3) is 0 Å². The van der Waals surface area contributed by atoms with Crippen molar-refractivity contribution < 1.29 is 18.0 Å². The fourth-order valence-corrected chi connectivity index (χ4v) is 7.36. The molecule has 0 spiro atoms.